The largest absolute Gasteiger partial charge is 0.443 e. The molecule has 0 bridgehead atoms. The van der Waals surface area contributed by atoms with E-state index < -0.39 is 11.7 Å². The zero-order valence-electron chi connectivity index (χ0n) is 19.6. The minimum absolute atomic E-state index is 0.0810. The summed E-state index contributed by atoms with van der Waals surface area (Å²) in [4.78, 5) is 29.1. The Bertz CT molecular complexity index is 979. The van der Waals surface area contributed by atoms with Gasteiger partial charge in [-0.1, -0.05) is 23.8 Å². The maximum Gasteiger partial charge on any atom is 0.414 e. The lowest BCUT2D eigenvalue weighted by molar-refractivity contribution is -0.118. The maximum absolute atomic E-state index is 12.4. The number of nitrogens with zero attached hydrogens (tertiary/aromatic N) is 2. The summed E-state index contributed by atoms with van der Waals surface area (Å²) in [6, 6.07) is 8.66. The number of terminal acetylenes is 1. The van der Waals surface area contributed by atoms with Crippen LogP contribution in [0.25, 0.3) is 6.08 Å². The van der Waals surface area contributed by atoms with Crippen LogP contribution in [0.2, 0.25) is 5.02 Å². The topological polar surface area (TPSA) is 80.8 Å². The van der Waals surface area contributed by atoms with Crippen LogP contribution in [-0.2, 0) is 9.53 Å². The molecule has 176 valence electrons. The molecule has 0 saturated carbocycles. The standard InChI is InChI=1S/C23H28ClN3O4.C2H2/c1-6-27(22(29)31-23(3,4)5)18-10-11-20(19(24)14-18)30-21-12-9-17(15-26-21)8-7-13-25-16(2)28;1-2/h7-12,14-15H,6,13H2,1-5H3,(H,25,28);1-2H/b8-7+;. The average molecular weight is 472 g/mol. The number of ether oxygens (including phenoxy) is 2. The average Bonchev–Trinajstić information content (AvgIpc) is 2.75. The number of rotatable bonds is 7. The van der Waals surface area contributed by atoms with Crippen molar-refractivity contribution in [3.05, 3.63) is 53.2 Å². The number of pyridine rings is 1. The summed E-state index contributed by atoms with van der Waals surface area (Å²) in [5.74, 6) is 0.725. The van der Waals surface area contributed by atoms with Crippen LogP contribution in [0.3, 0.4) is 0 Å². The molecule has 0 unspecified atom stereocenters. The minimum Gasteiger partial charge on any atom is -0.443 e. The molecule has 8 heteroatoms. The summed E-state index contributed by atoms with van der Waals surface area (Å²) < 4.78 is 11.2. The van der Waals surface area contributed by atoms with Crippen LogP contribution in [0.15, 0.2) is 42.6 Å². The van der Waals surface area contributed by atoms with Crippen molar-refractivity contribution in [1.29, 1.82) is 0 Å². The van der Waals surface area contributed by atoms with Crippen molar-refractivity contribution in [3.63, 3.8) is 0 Å². The highest BCUT2D eigenvalue weighted by Crippen LogP contribution is 2.32. The molecule has 0 aliphatic rings. The fraction of sp³-hybridized carbons (Fsp3) is 0.320. The van der Waals surface area contributed by atoms with Gasteiger partial charge in [-0.3, -0.25) is 9.69 Å². The molecule has 7 nitrogen and oxygen atoms in total. The van der Waals surface area contributed by atoms with Crippen LogP contribution in [0.1, 0.15) is 40.2 Å². The number of halogens is 1. The van der Waals surface area contributed by atoms with E-state index in [0.29, 0.717) is 35.4 Å². The lowest BCUT2D eigenvalue weighted by Gasteiger charge is -2.26. The SMILES string of the molecule is C#C.CCN(C(=O)OC(C)(C)C)c1ccc(Oc2ccc(/C=C/CNC(C)=O)cn2)c(Cl)c1. The van der Waals surface area contributed by atoms with E-state index >= 15 is 0 Å². The van der Waals surface area contributed by atoms with E-state index in [4.69, 9.17) is 21.1 Å². The van der Waals surface area contributed by atoms with Gasteiger partial charge in [-0.05, 0) is 57.5 Å². The number of amides is 2. The molecule has 1 N–H and O–H groups in total. The van der Waals surface area contributed by atoms with Crippen molar-refractivity contribution in [3.8, 4) is 24.5 Å². The fourth-order valence-corrected chi connectivity index (χ4v) is 2.75. The van der Waals surface area contributed by atoms with Crippen LogP contribution >= 0.6 is 11.6 Å². The fourth-order valence-electron chi connectivity index (χ4n) is 2.54. The lowest BCUT2D eigenvalue weighted by Crippen LogP contribution is -2.36. The highest BCUT2D eigenvalue weighted by molar-refractivity contribution is 6.32. The maximum atomic E-state index is 12.4. The van der Waals surface area contributed by atoms with E-state index in [0.717, 1.165) is 5.56 Å². The molecule has 1 heterocycles. The van der Waals surface area contributed by atoms with E-state index in [2.05, 4.69) is 23.1 Å². The molecule has 2 aromatic rings. The third-order valence-corrected chi connectivity index (χ3v) is 4.21. The monoisotopic (exact) mass is 471 g/mol. The number of anilines is 1. The molecular weight excluding hydrogens is 442 g/mol. The summed E-state index contributed by atoms with van der Waals surface area (Å²) >= 11 is 6.38. The van der Waals surface area contributed by atoms with Gasteiger partial charge in [-0.2, -0.15) is 0 Å². The lowest BCUT2D eigenvalue weighted by atomic mass is 10.2. The molecule has 0 aliphatic heterocycles. The van der Waals surface area contributed by atoms with Gasteiger partial charge in [0.05, 0.1) is 5.02 Å². The van der Waals surface area contributed by atoms with Crippen LogP contribution in [0, 0.1) is 12.8 Å². The number of carbonyl (C=O) groups excluding carboxylic acids is 2. The van der Waals surface area contributed by atoms with Gasteiger partial charge < -0.3 is 14.8 Å². The van der Waals surface area contributed by atoms with Crippen LogP contribution in [0.5, 0.6) is 11.6 Å². The Morgan fingerprint density at radius 3 is 2.42 bits per heavy atom. The van der Waals surface area contributed by atoms with Gasteiger partial charge in [0.2, 0.25) is 11.8 Å². The van der Waals surface area contributed by atoms with Crippen LogP contribution in [-0.4, -0.2) is 35.7 Å². The van der Waals surface area contributed by atoms with Gasteiger partial charge in [0, 0.05) is 38.0 Å². The summed E-state index contributed by atoms with van der Waals surface area (Å²) in [6.45, 7) is 9.67. The first kappa shape index (κ1) is 27.5. The van der Waals surface area contributed by atoms with Gasteiger partial charge in [0.15, 0.2) is 0 Å². The second-order valence-electron chi connectivity index (χ2n) is 7.71. The molecule has 0 atom stereocenters. The highest BCUT2D eigenvalue weighted by Gasteiger charge is 2.23. The molecule has 33 heavy (non-hydrogen) atoms. The zero-order valence-corrected chi connectivity index (χ0v) is 20.3. The van der Waals surface area contributed by atoms with E-state index in [1.807, 2.05) is 45.9 Å². The van der Waals surface area contributed by atoms with Crippen molar-refractivity contribution in [2.45, 2.75) is 40.2 Å². The summed E-state index contributed by atoms with van der Waals surface area (Å²) in [5.41, 5.74) is 0.894. The van der Waals surface area contributed by atoms with Crippen molar-refractivity contribution < 1.29 is 19.1 Å². The van der Waals surface area contributed by atoms with Gasteiger partial charge in [-0.15, -0.1) is 12.8 Å². The Labute approximate surface area is 200 Å². The molecule has 0 saturated heterocycles. The van der Waals surface area contributed by atoms with Crippen molar-refractivity contribution in [2.75, 3.05) is 18.0 Å². The summed E-state index contributed by atoms with van der Waals surface area (Å²) in [7, 11) is 0. The zero-order chi connectivity index (χ0) is 25.0. The quantitative estimate of drug-likeness (QED) is 0.525. The molecule has 0 spiro atoms. The first-order chi connectivity index (χ1) is 15.6. The second kappa shape index (κ2) is 13.1. The van der Waals surface area contributed by atoms with Gasteiger partial charge >= 0.3 is 6.09 Å². The van der Waals surface area contributed by atoms with Crippen molar-refractivity contribution in [1.82, 2.24) is 10.3 Å². The predicted molar refractivity (Wildman–Crippen MR) is 133 cm³/mol. The minimum atomic E-state index is -0.589. The third kappa shape index (κ3) is 9.67. The molecule has 1 aromatic carbocycles. The van der Waals surface area contributed by atoms with E-state index in [1.165, 1.54) is 11.8 Å². The molecular formula is C25H30ClN3O4. The third-order valence-electron chi connectivity index (χ3n) is 3.91. The van der Waals surface area contributed by atoms with Crippen molar-refractivity contribution >= 4 is 35.4 Å². The first-order valence-electron chi connectivity index (χ1n) is 10.3. The summed E-state index contributed by atoms with van der Waals surface area (Å²) in [6.07, 6.45) is 12.9. The van der Waals surface area contributed by atoms with Gasteiger partial charge in [-0.25, -0.2) is 9.78 Å². The Kier molecular flexibility index (Phi) is 11.0. The Hall–Kier alpha value is -3.50. The number of hydrogen-bond acceptors (Lipinski definition) is 5. The van der Waals surface area contributed by atoms with Crippen LogP contribution < -0.4 is 15.0 Å². The highest BCUT2D eigenvalue weighted by atomic mass is 35.5. The van der Waals surface area contributed by atoms with Crippen LogP contribution in [0.4, 0.5) is 10.5 Å². The molecule has 0 radical (unpaired) electrons. The number of benzene rings is 1. The van der Waals surface area contributed by atoms with E-state index in [9.17, 15) is 9.59 Å². The van der Waals surface area contributed by atoms with Gasteiger partial charge in [0.1, 0.15) is 11.4 Å². The summed E-state index contributed by atoms with van der Waals surface area (Å²) in [5, 5.41) is 3.03. The smallest absolute Gasteiger partial charge is 0.414 e. The number of carbonyl (C=O) groups is 2. The number of aromatic nitrogens is 1. The first-order valence-corrected chi connectivity index (χ1v) is 10.6. The Balaban J connectivity index is 0.00000265. The van der Waals surface area contributed by atoms with E-state index in [1.54, 1.807) is 30.5 Å². The number of hydrogen-bond donors (Lipinski definition) is 1. The van der Waals surface area contributed by atoms with E-state index in [-0.39, 0.29) is 5.91 Å². The Morgan fingerprint density at radius 1 is 1.21 bits per heavy atom. The predicted octanol–water partition coefficient (Wildman–Crippen LogP) is 5.69. The molecule has 2 amide bonds. The van der Waals surface area contributed by atoms with Gasteiger partial charge in [0.25, 0.3) is 0 Å². The molecule has 0 fully saturated rings. The Morgan fingerprint density at radius 2 is 1.91 bits per heavy atom. The molecule has 0 aliphatic carbocycles. The van der Waals surface area contributed by atoms with Crippen molar-refractivity contribution in [2.24, 2.45) is 0 Å². The second-order valence-corrected chi connectivity index (χ2v) is 8.12. The molecule has 1 aromatic heterocycles. The molecule has 2 rings (SSSR count). The number of nitrogens with one attached hydrogen (secondary N) is 1. The normalized spacial score (nSPS) is 10.7.